The summed E-state index contributed by atoms with van der Waals surface area (Å²) in [4.78, 5) is 13.5. The summed E-state index contributed by atoms with van der Waals surface area (Å²) in [6, 6.07) is 2.31. The number of nitro groups is 1. The molecule has 0 atom stereocenters. The summed E-state index contributed by atoms with van der Waals surface area (Å²) >= 11 is 0. The van der Waals surface area contributed by atoms with Crippen LogP contribution in [-0.2, 0) is 10.0 Å². The molecule has 0 unspecified atom stereocenters. The van der Waals surface area contributed by atoms with Crippen LogP contribution in [0.2, 0.25) is 0 Å². The molecule has 112 valence electrons. The molecule has 20 heavy (non-hydrogen) atoms. The zero-order chi connectivity index (χ0) is 14.0. The number of rotatable bonds is 3. The van der Waals surface area contributed by atoms with Crippen LogP contribution in [0.3, 0.4) is 0 Å². The first-order valence-corrected chi connectivity index (χ1v) is 7.21. The normalized spacial score (nSPS) is 17.4. The van der Waals surface area contributed by atoms with E-state index in [1.807, 2.05) is 0 Å². The van der Waals surface area contributed by atoms with Crippen molar-refractivity contribution in [3.05, 3.63) is 28.4 Å². The average molecular weight is 323 g/mol. The highest BCUT2D eigenvalue weighted by Gasteiger charge is 2.29. The Morgan fingerprint density at radius 3 is 2.40 bits per heavy atom. The maximum Gasteiger partial charge on any atom is 0.287 e. The molecule has 0 aromatic carbocycles. The molecule has 1 fully saturated rings. The first-order chi connectivity index (χ1) is 8.91. The first kappa shape index (κ1) is 16.8. The van der Waals surface area contributed by atoms with E-state index in [1.165, 1.54) is 4.31 Å². The molecular formula is C10H15ClN4O4S. The molecule has 0 bridgehead atoms. The summed E-state index contributed by atoms with van der Waals surface area (Å²) in [6.45, 7) is 0.699. The van der Waals surface area contributed by atoms with Gasteiger partial charge < -0.3 is 5.73 Å². The molecule has 0 saturated carbocycles. The molecule has 2 rings (SSSR count). The van der Waals surface area contributed by atoms with E-state index in [4.69, 9.17) is 5.73 Å². The quantitative estimate of drug-likeness (QED) is 0.640. The lowest BCUT2D eigenvalue weighted by Gasteiger charge is -2.28. The predicted octanol–water partition coefficient (Wildman–Crippen LogP) is 0.523. The number of aromatic nitrogens is 1. The monoisotopic (exact) mass is 322 g/mol. The minimum Gasteiger partial charge on any atom is -0.328 e. The largest absolute Gasteiger partial charge is 0.328 e. The first-order valence-electron chi connectivity index (χ1n) is 5.77. The average Bonchev–Trinajstić information content (AvgIpc) is 2.39. The molecule has 1 aromatic rings. The number of pyridine rings is 1. The second-order valence-corrected chi connectivity index (χ2v) is 6.24. The van der Waals surface area contributed by atoms with Gasteiger partial charge in [0.25, 0.3) is 15.7 Å². The smallest absolute Gasteiger partial charge is 0.287 e. The number of sulfonamides is 1. The maximum absolute atomic E-state index is 12.2. The fraction of sp³-hybridized carbons (Fsp3) is 0.500. The van der Waals surface area contributed by atoms with Crippen molar-refractivity contribution in [3.8, 4) is 0 Å². The fourth-order valence-corrected chi connectivity index (χ4v) is 3.26. The minimum absolute atomic E-state index is 0. The van der Waals surface area contributed by atoms with Gasteiger partial charge in [0.05, 0.1) is 4.92 Å². The lowest BCUT2D eigenvalue weighted by atomic mass is 10.1. The van der Waals surface area contributed by atoms with Crippen molar-refractivity contribution >= 4 is 28.1 Å². The molecule has 10 heteroatoms. The highest BCUT2D eigenvalue weighted by atomic mass is 35.5. The summed E-state index contributed by atoms with van der Waals surface area (Å²) in [5.41, 5.74) is 5.48. The summed E-state index contributed by atoms with van der Waals surface area (Å²) < 4.78 is 25.8. The Morgan fingerprint density at radius 1 is 1.35 bits per heavy atom. The number of hydrogen-bond donors (Lipinski definition) is 1. The third-order valence-electron chi connectivity index (χ3n) is 3.03. The third kappa shape index (κ3) is 3.42. The van der Waals surface area contributed by atoms with Crippen LogP contribution in [0.4, 0.5) is 5.69 Å². The van der Waals surface area contributed by atoms with Crippen molar-refractivity contribution in [1.82, 2.24) is 9.29 Å². The Balaban J connectivity index is 0.00000200. The highest BCUT2D eigenvalue weighted by Crippen LogP contribution is 2.20. The standard InChI is InChI=1S/C10H14N4O4S.ClH/c11-8-3-5-13(6-4-8)19(17,18)10-2-1-9(7-12-10)14(15)16;/h1-2,7-8H,3-6,11H2;1H. The second-order valence-electron chi connectivity index (χ2n) is 4.35. The number of nitrogens with two attached hydrogens (primary N) is 1. The van der Waals surface area contributed by atoms with E-state index < -0.39 is 14.9 Å². The van der Waals surface area contributed by atoms with Gasteiger partial charge in [0, 0.05) is 25.2 Å². The van der Waals surface area contributed by atoms with E-state index in [9.17, 15) is 18.5 Å². The molecule has 0 spiro atoms. The van der Waals surface area contributed by atoms with E-state index in [0.717, 1.165) is 18.3 Å². The third-order valence-corrected chi connectivity index (χ3v) is 4.85. The van der Waals surface area contributed by atoms with Gasteiger partial charge in [-0.1, -0.05) is 0 Å². The Hall–Kier alpha value is -1.29. The van der Waals surface area contributed by atoms with Crippen molar-refractivity contribution in [1.29, 1.82) is 0 Å². The van der Waals surface area contributed by atoms with Crippen molar-refractivity contribution < 1.29 is 13.3 Å². The molecule has 0 amide bonds. The van der Waals surface area contributed by atoms with Gasteiger partial charge in [-0.3, -0.25) is 10.1 Å². The molecule has 2 heterocycles. The van der Waals surface area contributed by atoms with Crippen LogP contribution in [0.15, 0.2) is 23.4 Å². The predicted molar refractivity (Wildman–Crippen MR) is 74.1 cm³/mol. The van der Waals surface area contributed by atoms with Gasteiger partial charge in [0.2, 0.25) is 0 Å². The van der Waals surface area contributed by atoms with Gasteiger partial charge in [-0.25, -0.2) is 13.4 Å². The van der Waals surface area contributed by atoms with Crippen LogP contribution in [-0.4, -0.2) is 41.8 Å². The highest BCUT2D eigenvalue weighted by molar-refractivity contribution is 7.89. The van der Waals surface area contributed by atoms with Crippen molar-refractivity contribution in [2.24, 2.45) is 5.73 Å². The Kier molecular flexibility index (Phi) is 5.40. The number of hydrogen-bond acceptors (Lipinski definition) is 6. The van der Waals surface area contributed by atoms with Gasteiger partial charge in [0.15, 0.2) is 5.03 Å². The number of piperidine rings is 1. The SMILES string of the molecule is Cl.NC1CCN(S(=O)(=O)c2ccc([N+](=O)[O-])cn2)CC1. The molecule has 0 aliphatic carbocycles. The van der Waals surface area contributed by atoms with Gasteiger partial charge >= 0.3 is 0 Å². The van der Waals surface area contributed by atoms with Crippen LogP contribution in [0.1, 0.15) is 12.8 Å². The Bertz CT molecular complexity index is 569. The van der Waals surface area contributed by atoms with E-state index in [-0.39, 0.29) is 29.2 Å². The summed E-state index contributed by atoms with van der Waals surface area (Å²) in [7, 11) is -3.68. The lowest BCUT2D eigenvalue weighted by Crippen LogP contribution is -2.42. The lowest BCUT2D eigenvalue weighted by molar-refractivity contribution is -0.385. The Labute approximate surface area is 122 Å². The van der Waals surface area contributed by atoms with Crippen molar-refractivity contribution in [2.75, 3.05) is 13.1 Å². The molecule has 8 nitrogen and oxygen atoms in total. The van der Waals surface area contributed by atoms with Gasteiger partial charge in [-0.05, 0) is 18.9 Å². The van der Waals surface area contributed by atoms with Crippen molar-refractivity contribution in [2.45, 2.75) is 23.9 Å². The molecule has 1 aromatic heterocycles. The fourth-order valence-electron chi connectivity index (χ4n) is 1.88. The molecule has 1 aliphatic heterocycles. The molecule has 1 aliphatic rings. The molecule has 1 saturated heterocycles. The summed E-state index contributed by atoms with van der Waals surface area (Å²) in [6.07, 6.45) is 2.15. The van der Waals surface area contributed by atoms with E-state index >= 15 is 0 Å². The summed E-state index contributed by atoms with van der Waals surface area (Å²) in [5, 5.41) is 10.3. The number of halogens is 1. The van der Waals surface area contributed by atoms with Crippen LogP contribution in [0.5, 0.6) is 0 Å². The van der Waals surface area contributed by atoms with Crippen molar-refractivity contribution in [3.63, 3.8) is 0 Å². The van der Waals surface area contributed by atoms with Gasteiger partial charge in [-0.2, -0.15) is 4.31 Å². The van der Waals surface area contributed by atoms with E-state index in [1.54, 1.807) is 0 Å². The van der Waals surface area contributed by atoms with E-state index in [2.05, 4.69) is 4.98 Å². The zero-order valence-electron chi connectivity index (χ0n) is 10.5. The molecule has 2 N–H and O–H groups in total. The summed E-state index contributed by atoms with van der Waals surface area (Å²) in [5.74, 6) is 0. The maximum atomic E-state index is 12.2. The van der Waals surface area contributed by atoms with E-state index in [0.29, 0.717) is 25.9 Å². The zero-order valence-corrected chi connectivity index (χ0v) is 12.1. The van der Waals surface area contributed by atoms with Crippen LogP contribution >= 0.6 is 12.4 Å². The molecule has 0 radical (unpaired) electrons. The van der Waals surface area contributed by atoms with Crippen LogP contribution in [0, 0.1) is 10.1 Å². The Morgan fingerprint density at radius 2 is 1.95 bits per heavy atom. The topological polar surface area (TPSA) is 119 Å². The van der Waals surface area contributed by atoms with Gasteiger partial charge in [0.1, 0.15) is 6.20 Å². The van der Waals surface area contributed by atoms with Gasteiger partial charge in [-0.15, -0.1) is 12.4 Å². The minimum atomic E-state index is -3.68. The molecular weight excluding hydrogens is 308 g/mol. The van der Waals surface area contributed by atoms with Crippen LogP contribution in [0.25, 0.3) is 0 Å². The van der Waals surface area contributed by atoms with Crippen LogP contribution < -0.4 is 5.73 Å². The second kappa shape index (κ2) is 6.44. The number of nitrogens with zero attached hydrogens (tertiary/aromatic N) is 3.